The molecule has 1 aromatic carbocycles. The average Bonchev–Trinajstić information content (AvgIpc) is 2.96. The lowest BCUT2D eigenvalue weighted by atomic mass is 10.1. The zero-order chi connectivity index (χ0) is 16.1. The van der Waals surface area contributed by atoms with Crippen LogP contribution in [0.4, 0.5) is 4.39 Å². The largest absolute Gasteiger partial charge is 0.303 e. The predicted octanol–water partition coefficient (Wildman–Crippen LogP) is 2.36. The first-order valence-corrected chi connectivity index (χ1v) is 8.74. The maximum absolute atomic E-state index is 13.6. The molecule has 2 fully saturated rings. The quantitative estimate of drug-likeness (QED) is 0.679. The molecule has 1 N–H and O–H groups in total. The fourth-order valence-electron chi connectivity index (χ4n) is 2.72. The van der Waals surface area contributed by atoms with Gasteiger partial charge in [-0.1, -0.05) is 24.2 Å². The van der Waals surface area contributed by atoms with Gasteiger partial charge in [-0.05, 0) is 49.2 Å². The summed E-state index contributed by atoms with van der Waals surface area (Å²) in [5, 5.41) is 11.1. The van der Waals surface area contributed by atoms with Crippen LogP contribution in [0, 0.1) is 5.82 Å². The minimum Gasteiger partial charge on any atom is -0.303 e. The van der Waals surface area contributed by atoms with Crippen LogP contribution in [0.5, 0.6) is 0 Å². The smallest absolute Gasteiger partial charge is 0.236 e. The number of likely N-dealkylation sites (tertiary alicyclic amines) is 1. The van der Waals surface area contributed by atoms with E-state index in [1.807, 2.05) is 0 Å². The average molecular weight is 334 g/mol. The molecule has 0 spiro atoms. The van der Waals surface area contributed by atoms with Gasteiger partial charge in [-0.3, -0.25) is 9.69 Å². The number of amides is 1. The monoisotopic (exact) mass is 334 g/mol. The van der Waals surface area contributed by atoms with E-state index >= 15 is 0 Å². The summed E-state index contributed by atoms with van der Waals surface area (Å²) in [4.78, 5) is 13.4. The number of halogens is 1. The molecule has 0 aromatic heterocycles. The molecule has 0 unspecified atom stereocenters. The van der Waals surface area contributed by atoms with Crippen LogP contribution in [0.2, 0.25) is 0 Å². The Kier molecular flexibility index (Phi) is 5.40. The van der Waals surface area contributed by atoms with E-state index in [9.17, 15) is 9.18 Å². The van der Waals surface area contributed by atoms with Crippen molar-refractivity contribution < 1.29 is 9.18 Å². The van der Waals surface area contributed by atoms with E-state index in [0.29, 0.717) is 10.9 Å². The van der Waals surface area contributed by atoms with Crippen LogP contribution < -0.4 is 5.32 Å². The summed E-state index contributed by atoms with van der Waals surface area (Å²) in [7, 11) is 0. The van der Waals surface area contributed by atoms with Gasteiger partial charge in [0.1, 0.15) is 5.82 Å². The Morgan fingerprint density at radius 1 is 1.30 bits per heavy atom. The van der Waals surface area contributed by atoms with E-state index in [0.717, 1.165) is 30.8 Å². The standard InChI is InChI=1S/C16H19FN4OS/c17-14-5-4-12(9-18-20-16-19-15(22)11-23-16)13(8-14)10-21-6-2-1-3-7-21/h4-5,8-9H,1-3,6-7,10-11H2,(H,19,20,22). The second-order valence-corrected chi connectivity index (χ2v) is 6.63. The number of carbonyl (C=O) groups excluding carboxylic acids is 1. The molecule has 0 aliphatic carbocycles. The summed E-state index contributed by atoms with van der Waals surface area (Å²) >= 11 is 1.33. The number of nitrogens with one attached hydrogen (secondary N) is 1. The molecule has 1 amide bonds. The third kappa shape index (κ3) is 4.62. The van der Waals surface area contributed by atoms with Gasteiger partial charge in [0.15, 0.2) is 5.17 Å². The number of piperidine rings is 1. The van der Waals surface area contributed by atoms with Crippen molar-refractivity contribution in [3.8, 4) is 0 Å². The summed E-state index contributed by atoms with van der Waals surface area (Å²) in [5.74, 6) is 0.0843. The second-order valence-electron chi connectivity index (χ2n) is 5.67. The van der Waals surface area contributed by atoms with Crippen molar-refractivity contribution in [1.29, 1.82) is 0 Å². The third-order valence-corrected chi connectivity index (χ3v) is 4.74. The molecule has 2 aliphatic rings. The molecule has 3 rings (SSSR count). The molecule has 5 nitrogen and oxygen atoms in total. The van der Waals surface area contributed by atoms with Gasteiger partial charge >= 0.3 is 0 Å². The highest BCUT2D eigenvalue weighted by molar-refractivity contribution is 8.15. The zero-order valence-electron chi connectivity index (χ0n) is 12.8. The van der Waals surface area contributed by atoms with E-state index in [1.54, 1.807) is 18.3 Å². The van der Waals surface area contributed by atoms with E-state index in [2.05, 4.69) is 20.4 Å². The Labute approximate surface area is 139 Å². The molecule has 0 atom stereocenters. The van der Waals surface area contributed by atoms with Crippen LogP contribution >= 0.6 is 11.8 Å². The number of hydrogen-bond acceptors (Lipinski definition) is 5. The Balaban J connectivity index is 1.71. The Morgan fingerprint density at radius 2 is 2.13 bits per heavy atom. The molecule has 122 valence electrons. The number of rotatable bonds is 4. The van der Waals surface area contributed by atoms with Crippen molar-refractivity contribution in [1.82, 2.24) is 10.2 Å². The fraction of sp³-hybridized carbons (Fsp3) is 0.438. The van der Waals surface area contributed by atoms with Crippen molar-refractivity contribution in [2.45, 2.75) is 25.8 Å². The maximum Gasteiger partial charge on any atom is 0.236 e. The highest BCUT2D eigenvalue weighted by Crippen LogP contribution is 2.17. The van der Waals surface area contributed by atoms with E-state index < -0.39 is 0 Å². The minimum atomic E-state index is -0.237. The van der Waals surface area contributed by atoms with Gasteiger partial charge in [0.2, 0.25) is 5.91 Å². The number of carbonyl (C=O) groups is 1. The van der Waals surface area contributed by atoms with Gasteiger partial charge in [0.25, 0.3) is 0 Å². The van der Waals surface area contributed by atoms with Crippen LogP contribution in [0.3, 0.4) is 0 Å². The number of nitrogens with zero attached hydrogens (tertiary/aromatic N) is 3. The molecule has 7 heteroatoms. The van der Waals surface area contributed by atoms with Crippen molar-refractivity contribution in [3.63, 3.8) is 0 Å². The summed E-state index contributed by atoms with van der Waals surface area (Å²) in [6.07, 6.45) is 5.29. The normalized spacial score (nSPS) is 21.3. The summed E-state index contributed by atoms with van der Waals surface area (Å²) < 4.78 is 13.6. The first-order valence-electron chi connectivity index (χ1n) is 7.75. The molecule has 0 radical (unpaired) electrons. The van der Waals surface area contributed by atoms with Crippen LogP contribution in [-0.4, -0.2) is 41.0 Å². The van der Waals surface area contributed by atoms with Crippen molar-refractivity contribution in [3.05, 3.63) is 35.1 Å². The van der Waals surface area contributed by atoms with Crippen LogP contribution in [-0.2, 0) is 11.3 Å². The van der Waals surface area contributed by atoms with Gasteiger partial charge in [0, 0.05) is 6.54 Å². The van der Waals surface area contributed by atoms with Gasteiger partial charge in [-0.2, -0.15) is 5.10 Å². The van der Waals surface area contributed by atoms with Gasteiger partial charge in [-0.25, -0.2) is 4.39 Å². The Hall–Kier alpha value is -1.73. The molecule has 0 saturated carbocycles. The van der Waals surface area contributed by atoms with Crippen molar-refractivity contribution in [2.24, 2.45) is 10.2 Å². The second kappa shape index (κ2) is 7.70. The van der Waals surface area contributed by atoms with Crippen LogP contribution in [0.25, 0.3) is 0 Å². The summed E-state index contributed by atoms with van der Waals surface area (Å²) in [5.41, 5.74) is 1.77. The lowest BCUT2D eigenvalue weighted by Crippen LogP contribution is -2.29. The predicted molar refractivity (Wildman–Crippen MR) is 91.2 cm³/mol. The maximum atomic E-state index is 13.6. The molecule has 23 heavy (non-hydrogen) atoms. The molecule has 1 aromatic rings. The minimum absolute atomic E-state index is 0.0588. The molecule has 2 saturated heterocycles. The van der Waals surface area contributed by atoms with Crippen molar-refractivity contribution >= 4 is 29.1 Å². The Bertz CT molecular complexity index is 641. The Morgan fingerprint density at radius 3 is 2.87 bits per heavy atom. The number of thioether (sulfide) groups is 1. The van der Waals surface area contributed by atoms with Gasteiger partial charge in [0.05, 0.1) is 12.0 Å². The fourth-order valence-corrected chi connectivity index (χ4v) is 3.35. The summed E-state index contributed by atoms with van der Waals surface area (Å²) in [6, 6.07) is 4.72. The topological polar surface area (TPSA) is 57.1 Å². The van der Waals surface area contributed by atoms with Gasteiger partial charge in [-0.15, -0.1) is 5.10 Å². The SMILES string of the molecule is O=C1CSC(=NN=Cc2ccc(F)cc2CN2CCCCC2)N1. The van der Waals surface area contributed by atoms with E-state index in [4.69, 9.17) is 0 Å². The van der Waals surface area contributed by atoms with Crippen molar-refractivity contribution in [2.75, 3.05) is 18.8 Å². The number of benzene rings is 1. The molecule has 2 heterocycles. The van der Waals surface area contributed by atoms with Gasteiger partial charge < -0.3 is 5.32 Å². The first-order chi connectivity index (χ1) is 11.2. The van der Waals surface area contributed by atoms with Crippen LogP contribution in [0.15, 0.2) is 28.4 Å². The number of amidine groups is 1. The summed E-state index contributed by atoms with van der Waals surface area (Å²) in [6.45, 7) is 2.83. The highest BCUT2D eigenvalue weighted by atomic mass is 32.2. The molecule has 2 aliphatic heterocycles. The number of hydrogen-bond donors (Lipinski definition) is 1. The first kappa shape index (κ1) is 16.1. The third-order valence-electron chi connectivity index (χ3n) is 3.88. The van der Waals surface area contributed by atoms with E-state index in [1.165, 1.54) is 37.1 Å². The molecule has 0 bridgehead atoms. The lowest BCUT2D eigenvalue weighted by molar-refractivity contribution is -0.116. The lowest BCUT2D eigenvalue weighted by Gasteiger charge is -2.26. The highest BCUT2D eigenvalue weighted by Gasteiger charge is 2.16. The molecular formula is C16H19FN4OS. The van der Waals surface area contributed by atoms with E-state index in [-0.39, 0.29) is 11.7 Å². The zero-order valence-corrected chi connectivity index (χ0v) is 13.6. The molecular weight excluding hydrogens is 315 g/mol. The van der Waals surface area contributed by atoms with Crippen LogP contribution in [0.1, 0.15) is 30.4 Å².